The first-order valence-corrected chi connectivity index (χ1v) is 8.28. The van der Waals surface area contributed by atoms with E-state index in [2.05, 4.69) is 27.4 Å². The summed E-state index contributed by atoms with van der Waals surface area (Å²) in [4.78, 5) is 33.0. The van der Waals surface area contributed by atoms with Crippen LogP contribution < -0.4 is 5.32 Å². The van der Waals surface area contributed by atoms with Gasteiger partial charge in [-0.3, -0.25) is 4.79 Å². The van der Waals surface area contributed by atoms with Crippen molar-refractivity contribution < 1.29 is 14.7 Å². The summed E-state index contributed by atoms with van der Waals surface area (Å²) in [6.45, 7) is 0.634. The zero-order chi connectivity index (χ0) is 17.4. The monoisotopic (exact) mass is 338 g/mol. The summed E-state index contributed by atoms with van der Waals surface area (Å²) in [5, 5.41) is 12.0. The number of carbonyl (C=O) groups excluding carboxylic acids is 1. The summed E-state index contributed by atoms with van der Waals surface area (Å²) in [5.74, 6) is -0.0448. The number of carbonyl (C=O) groups is 2. The summed E-state index contributed by atoms with van der Waals surface area (Å²) >= 11 is 0. The van der Waals surface area contributed by atoms with Crippen molar-refractivity contribution >= 4 is 17.7 Å². The number of carboxylic acid groups (broad SMARTS) is 1. The SMILES string of the molecule is O=C(O)c1cnc(NC2CC(=O)N(C3CC3c3ccccc3)C2)cn1. The lowest BCUT2D eigenvalue weighted by Crippen LogP contribution is -2.30. The van der Waals surface area contributed by atoms with Crippen LogP contribution in [0.3, 0.4) is 0 Å². The maximum Gasteiger partial charge on any atom is 0.356 e. The molecule has 2 aromatic rings. The first-order valence-electron chi connectivity index (χ1n) is 8.28. The van der Waals surface area contributed by atoms with Crippen molar-refractivity contribution in [3.8, 4) is 0 Å². The van der Waals surface area contributed by atoms with Crippen molar-refractivity contribution in [2.24, 2.45) is 0 Å². The van der Waals surface area contributed by atoms with Crippen LogP contribution >= 0.6 is 0 Å². The van der Waals surface area contributed by atoms with Gasteiger partial charge in [-0.1, -0.05) is 30.3 Å². The summed E-state index contributed by atoms with van der Waals surface area (Å²) in [5.41, 5.74) is 1.19. The zero-order valence-electron chi connectivity index (χ0n) is 13.5. The number of nitrogens with zero attached hydrogens (tertiary/aromatic N) is 3. The van der Waals surface area contributed by atoms with E-state index in [9.17, 15) is 9.59 Å². The Morgan fingerprint density at radius 3 is 2.68 bits per heavy atom. The van der Waals surface area contributed by atoms with Crippen molar-refractivity contribution in [1.82, 2.24) is 14.9 Å². The van der Waals surface area contributed by atoms with Gasteiger partial charge in [-0.25, -0.2) is 14.8 Å². The molecule has 1 aromatic heterocycles. The van der Waals surface area contributed by atoms with Gasteiger partial charge in [-0.15, -0.1) is 0 Å². The molecular weight excluding hydrogens is 320 g/mol. The van der Waals surface area contributed by atoms with Gasteiger partial charge in [0.1, 0.15) is 5.82 Å². The van der Waals surface area contributed by atoms with E-state index in [1.54, 1.807) is 0 Å². The molecule has 25 heavy (non-hydrogen) atoms. The highest BCUT2D eigenvalue weighted by Gasteiger charge is 2.47. The molecule has 1 aromatic carbocycles. The van der Waals surface area contributed by atoms with Crippen LogP contribution in [-0.2, 0) is 4.79 Å². The number of benzene rings is 1. The molecule has 3 unspecified atom stereocenters. The van der Waals surface area contributed by atoms with Crippen molar-refractivity contribution in [3.05, 3.63) is 54.0 Å². The Morgan fingerprint density at radius 1 is 1.20 bits per heavy atom. The number of rotatable bonds is 5. The number of hydrogen-bond acceptors (Lipinski definition) is 5. The summed E-state index contributed by atoms with van der Waals surface area (Å²) < 4.78 is 0. The molecule has 7 heteroatoms. The molecule has 1 saturated carbocycles. The number of nitrogens with one attached hydrogen (secondary N) is 1. The van der Waals surface area contributed by atoms with E-state index in [-0.39, 0.29) is 23.7 Å². The number of aromatic carboxylic acids is 1. The fourth-order valence-corrected chi connectivity index (χ4v) is 3.46. The van der Waals surface area contributed by atoms with Crippen LogP contribution in [0, 0.1) is 0 Å². The smallest absolute Gasteiger partial charge is 0.356 e. The van der Waals surface area contributed by atoms with E-state index >= 15 is 0 Å². The van der Waals surface area contributed by atoms with Crippen molar-refractivity contribution in [2.45, 2.75) is 30.8 Å². The number of hydrogen-bond donors (Lipinski definition) is 2. The number of anilines is 1. The molecule has 1 aliphatic heterocycles. The number of amides is 1. The highest BCUT2D eigenvalue weighted by atomic mass is 16.4. The molecule has 1 saturated heterocycles. The van der Waals surface area contributed by atoms with Gasteiger partial charge in [0.05, 0.1) is 18.4 Å². The van der Waals surface area contributed by atoms with Gasteiger partial charge in [0.2, 0.25) is 5.91 Å². The average molecular weight is 338 g/mol. The van der Waals surface area contributed by atoms with E-state index < -0.39 is 5.97 Å². The van der Waals surface area contributed by atoms with Gasteiger partial charge in [-0.05, 0) is 12.0 Å². The maximum atomic E-state index is 12.3. The molecule has 2 heterocycles. The molecule has 1 amide bonds. The lowest BCUT2D eigenvalue weighted by Gasteiger charge is -2.17. The quantitative estimate of drug-likeness (QED) is 0.862. The van der Waals surface area contributed by atoms with E-state index in [0.717, 1.165) is 6.42 Å². The Morgan fingerprint density at radius 2 is 2.00 bits per heavy atom. The molecule has 7 nitrogen and oxygen atoms in total. The minimum Gasteiger partial charge on any atom is -0.476 e. The third kappa shape index (κ3) is 3.17. The molecule has 0 spiro atoms. The second-order valence-corrected chi connectivity index (χ2v) is 6.50. The zero-order valence-corrected chi connectivity index (χ0v) is 13.5. The van der Waals surface area contributed by atoms with Crippen LogP contribution in [0.2, 0.25) is 0 Å². The number of carboxylic acids is 1. The van der Waals surface area contributed by atoms with Crippen LogP contribution in [-0.4, -0.2) is 50.5 Å². The predicted octanol–water partition coefficient (Wildman–Crippen LogP) is 1.74. The minimum atomic E-state index is -1.11. The van der Waals surface area contributed by atoms with Gasteiger partial charge < -0.3 is 15.3 Å². The maximum absolute atomic E-state index is 12.3. The second-order valence-electron chi connectivity index (χ2n) is 6.50. The first-order chi connectivity index (χ1) is 12.1. The summed E-state index contributed by atoms with van der Waals surface area (Å²) in [7, 11) is 0. The summed E-state index contributed by atoms with van der Waals surface area (Å²) in [6, 6.07) is 10.5. The van der Waals surface area contributed by atoms with E-state index in [1.807, 2.05) is 23.1 Å². The standard InChI is InChI=1S/C18H18N4O3/c23-17-6-12(21-16-9-19-14(8-20-16)18(24)25)10-22(17)15-7-13(15)11-4-2-1-3-5-11/h1-5,8-9,12-13,15H,6-7,10H2,(H,20,21)(H,24,25). The molecule has 0 radical (unpaired) electrons. The third-order valence-electron chi connectivity index (χ3n) is 4.77. The highest BCUT2D eigenvalue weighted by molar-refractivity contribution is 5.85. The summed E-state index contributed by atoms with van der Waals surface area (Å²) in [6.07, 6.45) is 4.03. The van der Waals surface area contributed by atoms with Gasteiger partial charge in [0, 0.05) is 24.9 Å². The molecule has 0 bridgehead atoms. The molecular formula is C18H18N4O3. The fourth-order valence-electron chi connectivity index (χ4n) is 3.46. The lowest BCUT2D eigenvalue weighted by atomic mass is 10.1. The Bertz CT molecular complexity index is 794. The molecule has 2 fully saturated rings. The van der Waals surface area contributed by atoms with Crippen molar-refractivity contribution in [2.75, 3.05) is 11.9 Å². The van der Waals surface area contributed by atoms with Gasteiger partial charge >= 0.3 is 5.97 Å². The molecule has 2 aliphatic rings. The van der Waals surface area contributed by atoms with Crippen LogP contribution in [0.25, 0.3) is 0 Å². The molecule has 3 atom stereocenters. The Hall–Kier alpha value is -2.96. The largest absolute Gasteiger partial charge is 0.476 e. The van der Waals surface area contributed by atoms with E-state index in [4.69, 9.17) is 5.11 Å². The number of likely N-dealkylation sites (tertiary alicyclic amines) is 1. The molecule has 2 N–H and O–H groups in total. The van der Waals surface area contributed by atoms with Gasteiger partial charge in [0.25, 0.3) is 0 Å². The Labute approximate surface area is 144 Å². The molecule has 128 valence electrons. The van der Waals surface area contributed by atoms with Gasteiger partial charge in [0.15, 0.2) is 5.69 Å². The Kier molecular flexibility index (Phi) is 3.83. The second kappa shape index (κ2) is 6.16. The van der Waals surface area contributed by atoms with Gasteiger partial charge in [-0.2, -0.15) is 0 Å². The first kappa shape index (κ1) is 15.6. The van der Waals surface area contributed by atoms with Crippen LogP contribution in [0.1, 0.15) is 34.8 Å². The van der Waals surface area contributed by atoms with Crippen molar-refractivity contribution in [3.63, 3.8) is 0 Å². The topological polar surface area (TPSA) is 95.4 Å². The molecule has 1 aliphatic carbocycles. The minimum absolute atomic E-state index is 0.0329. The van der Waals surface area contributed by atoms with E-state index in [0.29, 0.717) is 24.7 Å². The number of aromatic nitrogens is 2. The average Bonchev–Trinajstić information content (AvgIpc) is 3.33. The lowest BCUT2D eigenvalue weighted by molar-refractivity contribution is -0.128. The normalized spacial score (nSPS) is 25.0. The van der Waals surface area contributed by atoms with Crippen LogP contribution in [0.5, 0.6) is 0 Å². The fraction of sp³-hybridized carbons (Fsp3) is 0.333. The highest BCUT2D eigenvalue weighted by Crippen LogP contribution is 2.46. The van der Waals surface area contributed by atoms with Crippen molar-refractivity contribution in [1.29, 1.82) is 0 Å². The Balaban J connectivity index is 1.37. The van der Waals surface area contributed by atoms with Crippen LogP contribution in [0.4, 0.5) is 5.82 Å². The van der Waals surface area contributed by atoms with E-state index in [1.165, 1.54) is 18.0 Å². The van der Waals surface area contributed by atoms with Crippen LogP contribution in [0.15, 0.2) is 42.7 Å². The third-order valence-corrected chi connectivity index (χ3v) is 4.77. The molecule has 4 rings (SSSR count). The predicted molar refractivity (Wildman–Crippen MR) is 90.3 cm³/mol.